The van der Waals surface area contributed by atoms with Gasteiger partial charge in [0.25, 0.3) is 0 Å². The highest BCUT2D eigenvalue weighted by Gasteiger charge is 2.36. The highest BCUT2D eigenvalue weighted by Crippen LogP contribution is 2.47. The molecule has 1 N–H and O–H groups in total. The lowest BCUT2D eigenvalue weighted by Crippen LogP contribution is -2.48. The van der Waals surface area contributed by atoms with Crippen LogP contribution >= 0.6 is 0 Å². The fraction of sp³-hybridized carbons (Fsp3) is 0.706. The van der Waals surface area contributed by atoms with E-state index in [0.717, 1.165) is 36.8 Å². The number of carbonyl (C=O) groups is 1. The van der Waals surface area contributed by atoms with E-state index in [-0.39, 0.29) is 11.9 Å². The second-order valence-corrected chi connectivity index (χ2v) is 6.95. The Kier molecular flexibility index (Phi) is 4.07. The van der Waals surface area contributed by atoms with Crippen molar-refractivity contribution in [3.8, 4) is 0 Å². The second kappa shape index (κ2) is 5.84. The first-order valence-corrected chi connectivity index (χ1v) is 8.11. The summed E-state index contributed by atoms with van der Waals surface area (Å²) >= 11 is 0. The van der Waals surface area contributed by atoms with Gasteiger partial charge in [-0.2, -0.15) is 0 Å². The van der Waals surface area contributed by atoms with Crippen LogP contribution in [0.2, 0.25) is 0 Å². The zero-order chi connectivity index (χ0) is 15.0. The van der Waals surface area contributed by atoms with Gasteiger partial charge in [-0.1, -0.05) is 13.8 Å². The van der Waals surface area contributed by atoms with E-state index in [4.69, 9.17) is 4.42 Å². The smallest absolute Gasteiger partial charge is 0.239 e. The lowest BCUT2D eigenvalue weighted by molar-refractivity contribution is -0.133. The van der Waals surface area contributed by atoms with Gasteiger partial charge < -0.3 is 14.6 Å². The van der Waals surface area contributed by atoms with Gasteiger partial charge >= 0.3 is 0 Å². The number of nitrogens with zero attached hydrogens (tertiary/aromatic N) is 1. The summed E-state index contributed by atoms with van der Waals surface area (Å²) in [5, 5.41) is 3.33. The highest BCUT2D eigenvalue weighted by atomic mass is 16.3. The monoisotopic (exact) mass is 290 g/mol. The van der Waals surface area contributed by atoms with Gasteiger partial charge in [-0.05, 0) is 49.8 Å². The molecular formula is C17H26N2O2. The number of nitrogens with one attached hydrogen (secondary N) is 1. The summed E-state index contributed by atoms with van der Waals surface area (Å²) in [5.74, 6) is 4.13. The van der Waals surface area contributed by atoms with Gasteiger partial charge in [-0.3, -0.25) is 4.79 Å². The number of rotatable bonds is 4. The van der Waals surface area contributed by atoms with Gasteiger partial charge in [-0.15, -0.1) is 0 Å². The quantitative estimate of drug-likeness (QED) is 0.927. The first-order chi connectivity index (χ1) is 10.0. The molecule has 0 spiro atoms. The van der Waals surface area contributed by atoms with E-state index in [1.54, 1.807) is 4.90 Å². The van der Waals surface area contributed by atoms with Crippen molar-refractivity contribution >= 4 is 5.91 Å². The average molecular weight is 290 g/mol. The number of carbonyl (C=O) groups excluding carboxylic acids is 1. The fourth-order valence-electron chi connectivity index (χ4n) is 3.27. The van der Waals surface area contributed by atoms with Crippen LogP contribution in [0.4, 0.5) is 0 Å². The van der Waals surface area contributed by atoms with Crippen LogP contribution in [-0.4, -0.2) is 30.4 Å². The zero-order valence-corrected chi connectivity index (χ0v) is 13.3. The van der Waals surface area contributed by atoms with Crippen molar-refractivity contribution in [1.82, 2.24) is 10.2 Å². The Labute approximate surface area is 126 Å². The van der Waals surface area contributed by atoms with Crippen LogP contribution in [0.3, 0.4) is 0 Å². The van der Waals surface area contributed by atoms with E-state index in [1.807, 2.05) is 13.1 Å². The van der Waals surface area contributed by atoms with Crippen molar-refractivity contribution < 1.29 is 9.21 Å². The number of furan rings is 1. The largest absolute Gasteiger partial charge is 0.464 e. The SMILES string of the molecule is CC1CCNC(C(=O)N(C)Cc2ccc(C3CC3C)o2)C1. The van der Waals surface area contributed by atoms with Gasteiger partial charge in [0.05, 0.1) is 12.6 Å². The molecule has 21 heavy (non-hydrogen) atoms. The summed E-state index contributed by atoms with van der Waals surface area (Å²) in [7, 11) is 1.87. The third kappa shape index (κ3) is 3.31. The lowest BCUT2D eigenvalue weighted by Gasteiger charge is -2.30. The minimum absolute atomic E-state index is 0.0309. The van der Waals surface area contributed by atoms with Gasteiger partial charge in [0.2, 0.25) is 5.91 Å². The number of hydrogen-bond donors (Lipinski definition) is 1. The molecule has 0 aromatic carbocycles. The zero-order valence-electron chi connectivity index (χ0n) is 13.3. The van der Waals surface area contributed by atoms with E-state index >= 15 is 0 Å². The van der Waals surface area contributed by atoms with Crippen LogP contribution in [0.25, 0.3) is 0 Å². The Morgan fingerprint density at radius 3 is 2.81 bits per heavy atom. The van der Waals surface area contributed by atoms with Crippen molar-refractivity contribution in [2.45, 2.75) is 51.6 Å². The van der Waals surface area contributed by atoms with Gasteiger partial charge in [0.1, 0.15) is 11.5 Å². The molecule has 2 heterocycles. The third-order valence-corrected chi connectivity index (χ3v) is 4.89. The third-order valence-electron chi connectivity index (χ3n) is 4.89. The first-order valence-electron chi connectivity index (χ1n) is 8.11. The topological polar surface area (TPSA) is 45.5 Å². The number of hydrogen-bond acceptors (Lipinski definition) is 3. The number of piperidine rings is 1. The Morgan fingerprint density at radius 2 is 2.14 bits per heavy atom. The molecular weight excluding hydrogens is 264 g/mol. The first kappa shape index (κ1) is 14.6. The fourth-order valence-corrected chi connectivity index (χ4v) is 3.27. The Bertz CT molecular complexity index is 511. The lowest BCUT2D eigenvalue weighted by atomic mass is 9.93. The Hall–Kier alpha value is -1.29. The molecule has 116 valence electrons. The molecule has 1 aromatic heterocycles. The van der Waals surface area contributed by atoms with Crippen LogP contribution in [0.1, 0.15) is 50.5 Å². The molecule has 1 saturated carbocycles. The average Bonchev–Trinajstić information content (AvgIpc) is 3.01. The predicted octanol–water partition coefficient (Wildman–Crippen LogP) is 2.75. The second-order valence-electron chi connectivity index (χ2n) is 6.95. The van der Waals surface area contributed by atoms with Crippen molar-refractivity contribution in [2.75, 3.05) is 13.6 Å². The van der Waals surface area contributed by atoms with Gasteiger partial charge in [-0.25, -0.2) is 0 Å². The van der Waals surface area contributed by atoms with Crippen LogP contribution in [0.5, 0.6) is 0 Å². The van der Waals surface area contributed by atoms with E-state index in [0.29, 0.717) is 18.4 Å². The number of likely N-dealkylation sites (N-methyl/N-ethyl adjacent to an activating group) is 1. The Balaban J connectivity index is 1.56. The summed E-state index contributed by atoms with van der Waals surface area (Å²) in [6.45, 7) is 5.97. The summed E-state index contributed by atoms with van der Waals surface area (Å²) in [5.41, 5.74) is 0. The molecule has 4 atom stereocenters. The maximum Gasteiger partial charge on any atom is 0.239 e. The van der Waals surface area contributed by atoms with Crippen molar-refractivity contribution in [3.05, 3.63) is 23.7 Å². The minimum Gasteiger partial charge on any atom is -0.464 e. The maximum atomic E-state index is 12.5. The van der Waals surface area contributed by atoms with Crippen molar-refractivity contribution in [3.63, 3.8) is 0 Å². The summed E-state index contributed by atoms with van der Waals surface area (Å²) < 4.78 is 5.89. The molecule has 0 radical (unpaired) electrons. The molecule has 1 amide bonds. The molecule has 2 fully saturated rings. The standard InChI is InChI=1S/C17H26N2O2/c1-11-6-7-18-15(8-11)17(20)19(3)10-13-4-5-16(21-13)14-9-12(14)2/h4-5,11-12,14-15,18H,6-10H2,1-3H3. The van der Waals surface area contributed by atoms with E-state index in [1.165, 1.54) is 6.42 Å². The van der Waals surface area contributed by atoms with Crippen LogP contribution < -0.4 is 5.32 Å². The molecule has 4 unspecified atom stereocenters. The maximum absolute atomic E-state index is 12.5. The van der Waals surface area contributed by atoms with E-state index in [9.17, 15) is 4.79 Å². The van der Waals surface area contributed by atoms with Crippen molar-refractivity contribution in [1.29, 1.82) is 0 Å². The molecule has 1 saturated heterocycles. The van der Waals surface area contributed by atoms with Crippen molar-refractivity contribution in [2.24, 2.45) is 11.8 Å². The summed E-state index contributed by atoms with van der Waals surface area (Å²) in [4.78, 5) is 14.3. The molecule has 1 aliphatic carbocycles. The normalized spacial score (nSPS) is 32.0. The van der Waals surface area contributed by atoms with Crippen LogP contribution in [0.15, 0.2) is 16.5 Å². The molecule has 1 aliphatic heterocycles. The predicted molar refractivity (Wildman–Crippen MR) is 81.9 cm³/mol. The molecule has 3 rings (SSSR count). The van der Waals surface area contributed by atoms with E-state index in [2.05, 4.69) is 25.2 Å². The van der Waals surface area contributed by atoms with Gasteiger partial charge in [0.15, 0.2) is 0 Å². The highest BCUT2D eigenvalue weighted by molar-refractivity contribution is 5.81. The Morgan fingerprint density at radius 1 is 1.38 bits per heavy atom. The van der Waals surface area contributed by atoms with Crippen LogP contribution in [0, 0.1) is 11.8 Å². The molecule has 4 nitrogen and oxygen atoms in total. The molecule has 2 aliphatic rings. The number of amides is 1. The summed E-state index contributed by atoms with van der Waals surface area (Å²) in [6.07, 6.45) is 3.33. The molecule has 4 heteroatoms. The van der Waals surface area contributed by atoms with E-state index < -0.39 is 0 Å². The summed E-state index contributed by atoms with van der Waals surface area (Å²) in [6, 6.07) is 4.06. The van der Waals surface area contributed by atoms with Crippen LogP contribution in [-0.2, 0) is 11.3 Å². The molecule has 0 bridgehead atoms. The minimum atomic E-state index is -0.0309. The van der Waals surface area contributed by atoms with Gasteiger partial charge in [0, 0.05) is 13.0 Å². The molecule has 1 aromatic rings.